The van der Waals surface area contributed by atoms with Gasteiger partial charge in [0.1, 0.15) is 12.6 Å². The molecule has 0 heterocycles. The van der Waals surface area contributed by atoms with Crippen molar-refractivity contribution in [3.8, 4) is 0 Å². The van der Waals surface area contributed by atoms with E-state index >= 15 is 4.39 Å². The number of allylic oxidation sites excluding steroid dienone is 4. The van der Waals surface area contributed by atoms with Crippen molar-refractivity contribution in [1.82, 2.24) is 0 Å². The number of unbranched alkanes of at least 4 members (excludes halogenated alkanes) is 1. The lowest BCUT2D eigenvalue weighted by Crippen LogP contribution is -2.69. The summed E-state index contributed by atoms with van der Waals surface area (Å²) in [5, 5.41) is 20.9. The average molecular weight is 697 g/mol. The number of aliphatic hydroxyl groups is 1. The summed E-state index contributed by atoms with van der Waals surface area (Å²) >= 11 is 0. The molecule has 0 spiro atoms. The monoisotopic (exact) mass is 696 g/mol. The van der Waals surface area contributed by atoms with Gasteiger partial charge < -0.3 is 34.6 Å². The number of fused-ring (bicyclic) bond motifs is 5. The second-order valence-corrected chi connectivity index (χ2v) is 13.8. The number of ether oxygens (including phenoxy) is 4. The average Bonchev–Trinajstić information content (AvgIpc) is 3.26. The van der Waals surface area contributed by atoms with Gasteiger partial charge in [-0.15, -0.1) is 10.1 Å². The second-order valence-electron chi connectivity index (χ2n) is 13.8. The summed E-state index contributed by atoms with van der Waals surface area (Å²) in [6.07, 6.45) is 2.53. The topological polar surface area (TPSA) is 221 Å². The van der Waals surface area contributed by atoms with E-state index in [-0.39, 0.29) is 63.9 Å². The zero-order valence-electron chi connectivity index (χ0n) is 28.1. The molecule has 0 bridgehead atoms. The number of nitrogens with zero attached hydrogens (tertiary/aromatic N) is 1. The molecule has 0 aromatic heterocycles. The van der Waals surface area contributed by atoms with Crippen LogP contribution in [0, 0.1) is 38.7 Å². The van der Waals surface area contributed by atoms with Gasteiger partial charge in [-0.3, -0.25) is 19.2 Å². The molecule has 16 heteroatoms. The van der Waals surface area contributed by atoms with Crippen LogP contribution < -0.4 is 5.73 Å². The van der Waals surface area contributed by atoms with Crippen molar-refractivity contribution < 1.29 is 62.3 Å². The summed E-state index contributed by atoms with van der Waals surface area (Å²) in [6.45, 7) is 4.83. The third-order valence-corrected chi connectivity index (χ3v) is 11.1. The Morgan fingerprint density at radius 1 is 1.14 bits per heavy atom. The molecular formula is C33H45FN2O13. The SMILES string of the molecule is CCC(=O)O[C@]1(C(=O)COC(=O)OCC(N)C(=O)OCCCCO[N+](=O)[O-])[C@@H](C)C[C@H]2[C@@H]3CC=C4CC(=O)C=C[C@]4(C)[C@@]3(F)[C@@H](O)C[C@@]21C. The molecule has 2 fully saturated rings. The van der Waals surface area contributed by atoms with Gasteiger partial charge in [0, 0.05) is 35.5 Å². The number of carbonyl (C=O) groups is 5. The number of hydrogen-bond donors (Lipinski definition) is 2. The van der Waals surface area contributed by atoms with Crippen molar-refractivity contribution in [3.05, 3.63) is 33.9 Å². The fraction of sp³-hybridized carbons (Fsp3) is 0.727. The van der Waals surface area contributed by atoms with E-state index in [2.05, 4.69) is 4.84 Å². The van der Waals surface area contributed by atoms with Gasteiger partial charge in [0.15, 0.2) is 23.7 Å². The lowest BCUT2D eigenvalue weighted by Gasteiger charge is -2.62. The fourth-order valence-corrected chi connectivity index (χ4v) is 8.68. The van der Waals surface area contributed by atoms with Crippen molar-refractivity contribution in [1.29, 1.82) is 0 Å². The minimum absolute atomic E-state index is 0.0517. The first-order valence-corrected chi connectivity index (χ1v) is 16.5. The minimum Gasteiger partial charge on any atom is -0.464 e. The van der Waals surface area contributed by atoms with Crippen molar-refractivity contribution in [3.63, 3.8) is 0 Å². The van der Waals surface area contributed by atoms with Crippen LogP contribution in [0.3, 0.4) is 0 Å². The standard InChI is InChI=1S/C33H45FN2O13/c1-5-27(40)49-33(26(39)18-47-29(42)46-17-24(35)28(41)45-12-6-7-13-48-36(43)44)19(2)14-23-22-9-8-20-15-21(37)10-11-30(20,3)32(22,34)25(38)16-31(23,33)4/h8,10-11,19,22-25,38H,5-7,9,12-18,35H2,1-4H3/t19-,22-,23-,24?,25-,30-,31-,32-,33-/m0/s1. The Kier molecular flexibility index (Phi) is 11.2. The van der Waals surface area contributed by atoms with Crippen LogP contribution in [0.15, 0.2) is 23.8 Å². The van der Waals surface area contributed by atoms with Crippen molar-refractivity contribution in [2.24, 2.45) is 34.3 Å². The Balaban J connectivity index is 1.45. The Morgan fingerprint density at radius 2 is 1.84 bits per heavy atom. The summed E-state index contributed by atoms with van der Waals surface area (Å²) < 4.78 is 38.5. The van der Waals surface area contributed by atoms with Crippen LogP contribution in [0.4, 0.5) is 9.18 Å². The predicted molar refractivity (Wildman–Crippen MR) is 165 cm³/mol. The zero-order valence-corrected chi connectivity index (χ0v) is 28.1. The van der Waals surface area contributed by atoms with Gasteiger partial charge in [-0.25, -0.2) is 9.18 Å². The highest BCUT2D eigenvalue weighted by Crippen LogP contribution is 2.71. The molecule has 15 nitrogen and oxygen atoms in total. The Hall–Kier alpha value is -3.92. The summed E-state index contributed by atoms with van der Waals surface area (Å²) in [5.74, 6) is -4.51. The largest absolute Gasteiger partial charge is 0.508 e. The Labute approximate surface area is 282 Å². The van der Waals surface area contributed by atoms with Crippen LogP contribution in [0.1, 0.15) is 72.6 Å². The summed E-state index contributed by atoms with van der Waals surface area (Å²) in [6, 6.07) is -1.39. The highest BCUT2D eigenvalue weighted by molar-refractivity contribution is 5.94. The first kappa shape index (κ1) is 37.9. The van der Waals surface area contributed by atoms with E-state index in [9.17, 15) is 39.2 Å². The molecule has 4 aliphatic carbocycles. The van der Waals surface area contributed by atoms with Gasteiger partial charge in [0.2, 0.25) is 5.78 Å². The van der Waals surface area contributed by atoms with E-state index < -0.39 is 94.2 Å². The minimum atomic E-state index is -2.17. The predicted octanol–water partition coefficient (Wildman–Crippen LogP) is 2.88. The van der Waals surface area contributed by atoms with Gasteiger partial charge >= 0.3 is 18.1 Å². The third-order valence-electron chi connectivity index (χ3n) is 11.1. The molecule has 0 aromatic carbocycles. The number of rotatable bonds is 14. The number of alkyl halides is 1. The smallest absolute Gasteiger partial charge is 0.464 e. The van der Waals surface area contributed by atoms with Gasteiger partial charge in [-0.05, 0) is 51.0 Å². The first-order valence-electron chi connectivity index (χ1n) is 16.5. The number of nitrogens with two attached hydrogens (primary N) is 1. The maximum Gasteiger partial charge on any atom is 0.508 e. The lowest BCUT2D eigenvalue weighted by molar-refractivity contribution is -0.757. The van der Waals surface area contributed by atoms with Crippen molar-refractivity contribution >= 4 is 29.7 Å². The van der Waals surface area contributed by atoms with E-state index in [1.54, 1.807) is 27.7 Å². The molecule has 2 saturated carbocycles. The number of hydrogen-bond acceptors (Lipinski definition) is 14. The highest BCUT2D eigenvalue weighted by Gasteiger charge is 2.77. The van der Waals surface area contributed by atoms with Crippen LogP contribution >= 0.6 is 0 Å². The Morgan fingerprint density at radius 3 is 2.51 bits per heavy atom. The molecule has 49 heavy (non-hydrogen) atoms. The molecule has 9 atom stereocenters. The lowest BCUT2D eigenvalue weighted by atomic mass is 9.45. The number of halogens is 1. The molecule has 1 unspecified atom stereocenters. The van der Waals surface area contributed by atoms with Crippen LogP contribution in [-0.2, 0) is 43.0 Å². The molecule has 0 amide bonds. The molecular weight excluding hydrogens is 651 g/mol. The van der Waals surface area contributed by atoms with Gasteiger partial charge in [0.05, 0.1) is 19.3 Å². The molecule has 0 aromatic rings. The molecule has 0 aliphatic heterocycles. The second kappa shape index (κ2) is 14.5. The van der Waals surface area contributed by atoms with Crippen molar-refractivity contribution in [2.45, 2.75) is 96.1 Å². The molecule has 3 N–H and O–H groups in total. The summed E-state index contributed by atoms with van der Waals surface area (Å²) in [7, 11) is 0. The van der Waals surface area contributed by atoms with E-state index in [1.165, 1.54) is 12.2 Å². The number of carbonyl (C=O) groups excluding carboxylic acids is 5. The van der Waals surface area contributed by atoms with Gasteiger partial charge in [0.25, 0.3) is 5.09 Å². The highest BCUT2D eigenvalue weighted by atomic mass is 19.1. The molecule has 4 aliphatic rings. The zero-order chi connectivity index (χ0) is 36.4. The number of esters is 2. The number of ketones is 2. The van der Waals surface area contributed by atoms with Crippen LogP contribution in [0.2, 0.25) is 0 Å². The molecule has 4 rings (SSSR count). The molecule has 0 saturated heterocycles. The van der Waals surface area contributed by atoms with Crippen LogP contribution in [0.25, 0.3) is 0 Å². The quantitative estimate of drug-likeness (QED) is 0.0666. The fourth-order valence-electron chi connectivity index (χ4n) is 8.68. The number of Topliss-reactive ketones (excluding diaryl/α,β-unsaturated/α-hetero) is 1. The van der Waals surface area contributed by atoms with Crippen molar-refractivity contribution in [2.75, 3.05) is 26.4 Å². The maximum absolute atomic E-state index is 17.6. The normalized spacial score (nSPS) is 35.1. The molecule has 0 radical (unpaired) electrons. The van der Waals surface area contributed by atoms with Crippen LogP contribution in [0.5, 0.6) is 0 Å². The van der Waals surface area contributed by atoms with E-state index in [1.807, 2.05) is 6.08 Å². The van der Waals surface area contributed by atoms with Gasteiger partial charge in [-0.2, -0.15) is 0 Å². The van der Waals surface area contributed by atoms with Crippen LogP contribution in [-0.4, -0.2) is 89.7 Å². The Bertz CT molecular complexity index is 1420. The maximum atomic E-state index is 17.6. The summed E-state index contributed by atoms with van der Waals surface area (Å²) in [5.41, 5.74) is -0.259. The molecule has 272 valence electrons. The first-order chi connectivity index (χ1) is 23.0. The summed E-state index contributed by atoms with van der Waals surface area (Å²) in [4.78, 5) is 78.1. The number of aliphatic hydroxyl groups excluding tert-OH is 1. The van der Waals surface area contributed by atoms with E-state index in [0.29, 0.717) is 5.57 Å². The van der Waals surface area contributed by atoms with E-state index in [0.717, 1.165) is 0 Å². The van der Waals surface area contributed by atoms with E-state index in [4.69, 9.17) is 24.7 Å². The third kappa shape index (κ3) is 6.68. The van der Waals surface area contributed by atoms with Gasteiger partial charge in [-0.1, -0.05) is 38.5 Å².